The van der Waals surface area contributed by atoms with Crippen molar-refractivity contribution < 1.29 is 19.5 Å². The molecule has 114 valence electrons. The number of primary amides is 1. The average Bonchev–Trinajstić information content (AvgIpc) is 2.38. The summed E-state index contributed by atoms with van der Waals surface area (Å²) in [6.45, 7) is 3.39. The smallest absolute Gasteiger partial charge is 0.319 e. The molecule has 8 heteroatoms. The van der Waals surface area contributed by atoms with Gasteiger partial charge in [-0.2, -0.15) is 0 Å². The van der Waals surface area contributed by atoms with Crippen LogP contribution in [-0.2, 0) is 4.79 Å². The number of carboxylic acids is 1. The third-order valence-electron chi connectivity index (χ3n) is 2.89. The van der Waals surface area contributed by atoms with Crippen LogP contribution >= 0.6 is 0 Å². The summed E-state index contributed by atoms with van der Waals surface area (Å²) in [6.07, 6.45) is 1.61. The zero-order valence-corrected chi connectivity index (χ0v) is 11.8. The summed E-state index contributed by atoms with van der Waals surface area (Å²) in [5.41, 5.74) is 4.64. The van der Waals surface area contributed by atoms with Crippen molar-refractivity contribution in [1.82, 2.24) is 10.3 Å². The molecule has 1 aromatic heterocycles. The van der Waals surface area contributed by atoms with Crippen LogP contribution in [-0.4, -0.2) is 34.5 Å². The van der Waals surface area contributed by atoms with Gasteiger partial charge in [0.05, 0.1) is 17.3 Å². The van der Waals surface area contributed by atoms with Crippen molar-refractivity contribution in [2.45, 2.75) is 20.3 Å². The molecule has 0 aliphatic rings. The molecule has 1 rings (SSSR count). The number of rotatable bonds is 6. The topological polar surface area (TPSA) is 134 Å². The SMILES string of the molecule is CC(C)(CCNC(=O)Nc1ccc(C(N)=O)nc1)C(=O)O. The highest BCUT2D eigenvalue weighted by Gasteiger charge is 2.26. The number of anilines is 1. The monoisotopic (exact) mass is 294 g/mol. The second kappa shape index (κ2) is 6.69. The van der Waals surface area contributed by atoms with Crippen LogP contribution in [0.15, 0.2) is 18.3 Å². The number of carbonyl (C=O) groups excluding carboxylic acids is 2. The highest BCUT2D eigenvalue weighted by atomic mass is 16.4. The first-order chi connectivity index (χ1) is 9.72. The van der Waals surface area contributed by atoms with Crippen molar-refractivity contribution in [3.05, 3.63) is 24.0 Å². The summed E-state index contributed by atoms with van der Waals surface area (Å²) in [4.78, 5) is 37.1. The van der Waals surface area contributed by atoms with Crippen molar-refractivity contribution >= 4 is 23.6 Å². The number of nitrogens with two attached hydrogens (primary N) is 1. The zero-order chi connectivity index (χ0) is 16.0. The largest absolute Gasteiger partial charge is 0.481 e. The van der Waals surface area contributed by atoms with Gasteiger partial charge in [-0.05, 0) is 32.4 Å². The second-order valence-corrected chi connectivity index (χ2v) is 5.12. The zero-order valence-electron chi connectivity index (χ0n) is 11.8. The number of carbonyl (C=O) groups is 3. The van der Waals surface area contributed by atoms with E-state index >= 15 is 0 Å². The fourth-order valence-electron chi connectivity index (χ4n) is 1.38. The minimum absolute atomic E-state index is 0.101. The highest BCUT2D eigenvalue weighted by Crippen LogP contribution is 2.19. The van der Waals surface area contributed by atoms with Gasteiger partial charge < -0.3 is 21.5 Å². The van der Waals surface area contributed by atoms with Crippen LogP contribution in [0.3, 0.4) is 0 Å². The average molecular weight is 294 g/mol. The van der Waals surface area contributed by atoms with E-state index in [4.69, 9.17) is 10.8 Å². The molecule has 0 fully saturated rings. The van der Waals surface area contributed by atoms with E-state index in [1.807, 2.05) is 0 Å². The molecule has 0 unspecified atom stereocenters. The van der Waals surface area contributed by atoms with Crippen molar-refractivity contribution in [2.24, 2.45) is 11.1 Å². The van der Waals surface area contributed by atoms with E-state index in [2.05, 4.69) is 15.6 Å². The van der Waals surface area contributed by atoms with Crippen LogP contribution in [0.5, 0.6) is 0 Å². The summed E-state index contributed by atoms with van der Waals surface area (Å²) < 4.78 is 0. The van der Waals surface area contributed by atoms with Gasteiger partial charge in [-0.15, -0.1) is 0 Å². The number of carboxylic acid groups (broad SMARTS) is 1. The lowest BCUT2D eigenvalue weighted by Gasteiger charge is -2.18. The number of hydrogen-bond acceptors (Lipinski definition) is 4. The van der Waals surface area contributed by atoms with Crippen LogP contribution in [0.25, 0.3) is 0 Å². The molecule has 0 aromatic carbocycles. The van der Waals surface area contributed by atoms with Crippen LogP contribution in [0, 0.1) is 5.41 Å². The van der Waals surface area contributed by atoms with Gasteiger partial charge in [0.25, 0.3) is 5.91 Å². The Hall–Kier alpha value is -2.64. The Morgan fingerprint density at radius 1 is 1.33 bits per heavy atom. The Morgan fingerprint density at radius 2 is 2.00 bits per heavy atom. The summed E-state index contributed by atoms with van der Waals surface area (Å²) in [7, 11) is 0. The lowest BCUT2D eigenvalue weighted by Crippen LogP contribution is -2.34. The molecule has 0 spiro atoms. The number of aliphatic carboxylic acids is 1. The molecule has 5 N–H and O–H groups in total. The number of aromatic nitrogens is 1. The number of pyridine rings is 1. The quantitative estimate of drug-likeness (QED) is 0.615. The lowest BCUT2D eigenvalue weighted by atomic mass is 9.90. The normalized spacial score (nSPS) is 10.8. The van der Waals surface area contributed by atoms with E-state index in [1.54, 1.807) is 13.8 Å². The van der Waals surface area contributed by atoms with E-state index in [0.29, 0.717) is 12.1 Å². The first-order valence-corrected chi connectivity index (χ1v) is 6.26. The molecular weight excluding hydrogens is 276 g/mol. The fourth-order valence-corrected chi connectivity index (χ4v) is 1.38. The molecule has 8 nitrogen and oxygen atoms in total. The maximum absolute atomic E-state index is 11.6. The van der Waals surface area contributed by atoms with E-state index in [1.165, 1.54) is 18.3 Å². The number of amides is 3. The first kappa shape index (κ1) is 16.4. The standard InChI is InChI=1S/C13H18N4O4/c1-13(2,11(19)20)5-6-15-12(21)17-8-3-4-9(10(14)18)16-7-8/h3-4,7H,5-6H2,1-2H3,(H2,14,18)(H,19,20)(H2,15,17,21). The molecule has 0 bridgehead atoms. The van der Waals surface area contributed by atoms with Gasteiger partial charge in [-0.3, -0.25) is 9.59 Å². The summed E-state index contributed by atoms with van der Waals surface area (Å²) >= 11 is 0. The molecule has 0 saturated heterocycles. The molecule has 0 saturated carbocycles. The van der Waals surface area contributed by atoms with Crippen molar-refractivity contribution in [3.63, 3.8) is 0 Å². The number of nitrogens with zero attached hydrogens (tertiary/aromatic N) is 1. The Labute approximate surface area is 121 Å². The third-order valence-corrected chi connectivity index (χ3v) is 2.89. The second-order valence-electron chi connectivity index (χ2n) is 5.12. The van der Waals surface area contributed by atoms with Crippen LogP contribution in [0.2, 0.25) is 0 Å². The number of nitrogens with one attached hydrogen (secondary N) is 2. The summed E-state index contributed by atoms with van der Waals surface area (Å²) in [6, 6.07) is 2.41. The molecule has 3 amide bonds. The molecule has 1 aromatic rings. The summed E-state index contributed by atoms with van der Waals surface area (Å²) in [5, 5.41) is 14.0. The van der Waals surface area contributed by atoms with Gasteiger partial charge in [0.15, 0.2) is 0 Å². The van der Waals surface area contributed by atoms with Crippen molar-refractivity contribution in [3.8, 4) is 0 Å². The van der Waals surface area contributed by atoms with Crippen molar-refractivity contribution in [1.29, 1.82) is 0 Å². The van der Waals surface area contributed by atoms with Gasteiger partial charge >= 0.3 is 12.0 Å². The van der Waals surface area contributed by atoms with Crippen molar-refractivity contribution in [2.75, 3.05) is 11.9 Å². The van der Waals surface area contributed by atoms with E-state index in [-0.39, 0.29) is 12.2 Å². The minimum atomic E-state index is -0.920. The predicted molar refractivity (Wildman–Crippen MR) is 75.8 cm³/mol. The van der Waals surface area contributed by atoms with Gasteiger partial charge in [0.1, 0.15) is 5.69 Å². The molecule has 1 heterocycles. The van der Waals surface area contributed by atoms with Crippen LogP contribution < -0.4 is 16.4 Å². The van der Waals surface area contributed by atoms with Crippen LogP contribution in [0.4, 0.5) is 10.5 Å². The van der Waals surface area contributed by atoms with Gasteiger partial charge in [0.2, 0.25) is 0 Å². The maximum Gasteiger partial charge on any atom is 0.319 e. The van der Waals surface area contributed by atoms with Crippen LogP contribution in [0.1, 0.15) is 30.8 Å². The van der Waals surface area contributed by atoms with E-state index in [0.717, 1.165) is 0 Å². The number of urea groups is 1. The molecule has 0 atom stereocenters. The molecule has 0 radical (unpaired) electrons. The Morgan fingerprint density at radius 3 is 2.48 bits per heavy atom. The molecule has 0 aliphatic heterocycles. The van der Waals surface area contributed by atoms with Gasteiger partial charge in [0, 0.05) is 6.54 Å². The van der Waals surface area contributed by atoms with E-state index < -0.39 is 23.3 Å². The predicted octanol–water partition coefficient (Wildman–Crippen LogP) is 0.803. The Balaban J connectivity index is 2.44. The Kier molecular flexibility index (Phi) is 5.23. The molecule has 21 heavy (non-hydrogen) atoms. The Bertz CT molecular complexity index is 540. The number of hydrogen-bond donors (Lipinski definition) is 4. The summed E-state index contributed by atoms with van der Waals surface area (Å²) in [5.74, 6) is -1.57. The van der Waals surface area contributed by atoms with Gasteiger partial charge in [-0.25, -0.2) is 9.78 Å². The van der Waals surface area contributed by atoms with E-state index in [9.17, 15) is 14.4 Å². The fraction of sp³-hybridized carbons (Fsp3) is 0.385. The molecule has 0 aliphatic carbocycles. The minimum Gasteiger partial charge on any atom is -0.481 e. The lowest BCUT2D eigenvalue weighted by molar-refractivity contribution is -0.147. The highest BCUT2D eigenvalue weighted by molar-refractivity contribution is 5.92. The molecular formula is C13H18N4O4. The first-order valence-electron chi connectivity index (χ1n) is 6.26. The maximum atomic E-state index is 11.6. The van der Waals surface area contributed by atoms with Gasteiger partial charge in [-0.1, -0.05) is 0 Å². The third kappa shape index (κ3) is 5.09.